The molecule has 1 heterocycles. The maximum absolute atomic E-state index is 12.1. The van der Waals surface area contributed by atoms with Gasteiger partial charge in [0.1, 0.15) is 0 Å². The number of ether oxygens (including phenoxy) is 2. The van der Waals surface area contributed by atoms with E-state index in [1.54, 1.807) is 19.2 Å². The maximum Gasteiger partial charge on any atom is 0.258 e. The second kappa shape index (κ2) is 6.99. The normalized spacial score (nSPS) is 13.6. The van der Waals surface area contributed by atoms with E-state index in [1.165, 1.54) is 29.8 Å². The van der Waals surface area contributed by atoms with Crippen LogP contribution in [-0.2, 0) is 11.3 Å². The van der Waals surface area contributed by atoms with Crippen LogP contribution in [0.1, 0.15) is 35.8 Å². The summed E-state index contributed by atoms with van der Waals surface area (Å²) in [6.45, 7) is 4.75. The van der Waals surface area contributed by atoms with Crippen LogP contribution in [0.2, 0.25) is 0 Å². The third kappa shape index (κ3) is 3.55. The third-order valence-corrected chi connectivity index (χ3v) is 4.41. The molecule has 3 rings (SSSR count). The quantitative estimate of drug-likeness (QED) is 0.849. The highest BCUT2D eigenvalue weighted by molar-refractivity contribution is 5.77. The number of hydrogen-bond donors (Lipinski definition) is 1. The molecule has 1 aliphatic rings. The topological polar surface area (TPSA) is 52.5 Å². The Kier molecular flexibility index (Phi) is 4.79. The maximum atomic E-state index is 12.1. The Balaban J connectivity index is 1.53. The lowest BCUT2D eigenvalue weighted by Gasteiger charge is -2.11. The Morgan fingerprint density at radius 3 is 2.62 bits per heavy atom. The molecule has 1 aromatic carbocycles. The second-order valence-corrected chi connectivity index (χ2v) is 6.21. The van der Waals surface area contributed by atoms with Crippen molar-refractivity contribution in [1.29, 1.82) is 0 Å². The lowest BCUT2D eigenvalue weighted by molar-refractivity contribution is -0.123. The van der Waals surface area contributed by atoms with E-state index < -0.39 is 0 Å². The molecule has 0 saturated heterocycles. The van der Waals surface area contributed by atoms with Crippen LogP contribution in [0.15, 0.2) is 30.3 Å². The van der Waals surface area contributed by atoms with Gasteiger partial charge in [0.25, 0.3) is 5.91 Å². The van der Waals surface area contributed by atoms with E-state index in [1.807, 2.05) is 12.1 Å². The number of carbonyl (C=O) groups excluding carboxylic acids is 1. The molecule has 0 atom stereocenters. The van der Waals surface area contributed by atoms with Gasteiger partial charge >= 0.3 is 0 Å². The summed E-state index contributed by atoms with van der Waals surface area (Å²) in [4.78, 5) is 12.1. The Morgan fingerprint density at radius 2 is 1.96 bits per heavy atom. The van der Waals surface area contributed by atoms with Crippen LogP contribution in [0, 0.1) is 13.8 Å². The number of rotatable bonds is 7. The number of benzene rings is 1. The molecule has 1 aliphatic carbocycles. The van der Waals surface area contributed by atoms with Gasteiger partial charge in [0.15, 0.2) is 18.1 Å². The average molecular weight is 328 g/mol. The molecule has 5 nitrogen and oxygen atoms in total. The predicted molar refractivity (Wildman–Crippen MR) is 92.5 cm³/mol. The summed E-state index contributed by atoms with van der Waals surface area (Å²) in [5.41, 5.74) is 3.69. The molecule has 24 heavy (non-hydrogen) atoms. The van der Waals surface area contributed by atoms with E-state index in [0.29, 0.717) is 24.1 Å². The van der Waals surface area contributed by atoms with Gasteiger partial charge in [-0.3, -0.25) is 4.79 Å². The van der Waals surface area contributed by atoms with Gasteiger partial charge in [-0.2, -0.15) is 0 Å². The Morgan fingerprint density at radius 1 is 1.25 bits per heavy atom. The van der Waals surface area contributed by atoms with Gasteiger partial charge < -0.3 is 19.4 Å². The number of para-hydroxylation sites is 2. The molecule has 0 aliphatic heterocycles. The van der Waals surface area contributed by atoms with Crippen LogP contribution < -0.4 is 14.8 Å². The van der Waals surface area contributed by atoms with Gasteiger partial charge in [0.05, 0.1) is 7.11 Å². The largest absolute Gasteiger partial charge is 0.493 e. The van der Waals surface area contributed by atoms with Crippen molar-refractivity contribution in [1.82, 2.24) is 9.88 Å². The van der Waals surface area contributed by atoms with Crippen molar-refractivity contribution in [2.75, 3.05) is 13.7 Å². The molecule has 0 radical (unpaired) electrons. The fourth-order valence-electron chi connectivity index (χ4n) is 3.05. The van der Waals surface area contributed by atoms with Crippen LogP contribution in [0.25, 0.3) is 0 Å². The highest BCUT2D eigenvalue weighted by Crippen LogP contribution is 2.38. The first kappa shape index (κ1) is 16.4. The number of nitrogens with one attached hydrogen (secondary N) is 1. The summed E-state index contributed by atoms with van der Waals surface area (Å²) in [7, 11) is 1.58. The molecule has 1 saturated carbocycles. The van der Waals surface area contributed by atoms with Crippen molar-refractivity contribution in [3.63, 3.8) is 0 Å². The van der Waals surface area contributed by atoms with Gasteiger partial charge in [-0.25, -0.2) is 0 Å². The Hall–Kier alpha value is -2.43. The highest BCUT2D eigenvalue weighted by atomic mass is 16.5. The highest BCUT2D eigenvalue weighted by Gasteiger charge is 2.26. The molecule has 2 aromatic rings. The summed E-state index contributed by atoms with van der Waals surface area (Å²) in [5.74, 6) is 1.05. The smallest absolute Gasteiger partial charge is 0.258 e. The number of aromatic nitrogens is 1. The Bertz CT molecular complexity index is 732. The van der Waals surface area contributed by atoms with Crippen molar-refractivity contribution in [3.8, 4) is 11.5 Å². The minimum Gasteiger partial charge on any atom is -0.493 e. The number of hydrogen-bond acceptors (Lipinski definition) is 3. The number of amides is 1. The lowest BCUT2D eigenvalue weighted by Crippen LogP contribution is -2.28. The molecule has 1 amide bonds. The zero-order valence-electron chi connectivity index (χ0n) is 14.5. The van der Waals surface area contributed by atoms with Crippen LogP contribution in [0.5, 0.6) is 11.5 Å². The minimum atomic E-state index is -0.142. The van der Waals surface area contributed by atoms with E-state index in [9.17, 15) is 4.79 Å². The molecule has 0 unspecified atom stereocenters. The molecule has 1 N–H and O–H groups in total. The molecule has 1 fully saturated rings. The summed E-state index contributed by atoms with van der Waals surface area (Å²) in [5, 5.41) is 2.93. The monoisotopic (exact) mass is 328 g/mol. The molecule has 5 heteroatoms. The van der Waals surface area contributed by atoms with Crippen molar-refractivity contribution >= 4 is 5.91 Å². The molecule has 0 bridgehead atoms. The SMILES string of the molecule is COc1ccccc1OCC(=O)NCc1cc(C)n(C2CC2)c1C. The van der Waals surface area contributed by atoms with Gasteiger partial charge in [-0.1, -0.05) is 12.1 Å². The number of aryl methyl sites for hydroxylation is 1. The summed E-state index contributed by atoms with van der Waals surface area (Å²) < 4.78 is 13.1. The molecule has 128 valence electrons. The Labute approximate surface area is 142 Å². The first-order chi connectivity index (χ1) is 11.6. The average Bonchev–Trinajstić information content (AvgIpc) is 3.37. The second-order valence-electron chi connectivity index (χ2n) is 6.21. The first-order valence-corrected chi connectivity index (χ1v) is 8.30. The van der Waals surface area contributed by atoms with Gasteiger partial charge in [-0.05, 0) is 50.5 Å². The molecule has 0 spiro atoms. The van der Waals surface area contributed by atoms with E-state index in [4.69, 9.17) is 9.47 Å². The van der Waals surface area contributed by atoms with Crippen LogP contribution in [0.3, 0.4) is 0 Å². The van der Waals surface area contributed by atoms with Crippen molar-refractivity contribution in [3.05, 3.63) is 47.3 Å². The van der Waals surface area contributed by atoms with E-state index in [-0.39, 0.29) is 12.5 Å². The molecular formula is C19H24N2O3. The van der Waals surface area contributed by atoms with Gasteiger partial charge in [-0.15, -0.1) is 0 Å². The molecular weight excluding hydrogens is 304 g/mol. The van der Waals surface area contributed by atoms with E-state index >= 15 is 0 Å². The zero-order chi connectivity index (χ0) is 17.1. The summed E-state index contributed by atoms with van der Waals surface area (Å²) in [6, 6.07) is 10.1. The molecule has 1 aromatic heterocycles. The van der Waals surface area contributed by atoms with Crippen LogP contribution in [-0.4, -0.2) is 24.2 Å². The fraction of sp³-hybridized carbons (Fsp3) is 0.421. The minimum absolute atomic E-state index is 0.0261. The lowest BCUT2D eigenvalue weighted by atomic mass is 10.2. The number of nitrogens with zero attached hydrogens (tertiary/aromatic N) is 1. The van der Waals surface area contributed by atoms with Crippen LogP contribution >= 0.6 is 0 Å². The number of carbonyl (C=O) groups is 1. The predicted octanol–water partition coefficient (Wildman–Crippen LogP) is 3.14. The van der Waals surface area contributed by atoms with Gasteiger partial charge in [0, 0.05) is 24.0 Å². The van der Waals surface area contributed by atoms with Crippen molar-refractivity contribution in [2.45, 2.75) is 39.3 Å². The van der Waals surface area contributed by atoms with E-state index in [0.717, 1.165) is 0 Å². The van der Waals surface area contributed by atoms with Crippen molar-refractivity contribution < 1.29 is 14.3 Å². The summed E-state index contributed by atoms with van der Waals surface area (Å²) >= 11 is 0. The third-order valence-electron chi connectivity index (χ3n) is 4.41. The first-order valence-electron chi connectivity index (χ1n) is 8.30. The standard InChI is InChI=1S/C19H24N2O3/c1-13-10-15(14(2)21(13)16-8-9-16)11-20-19(22)12-24-18-7-5-4-6-17(18)23-3/h4-7,10,16H,8-9,11-12H2,1-3H3,(H,20,22). The van der Waals surface area contributed by atoms with Crippen molar-refractivity contribution in [2.24, 2.45) is 0 Å². The fourth-order valence-corrected chi connectivity index (χ4v) is 3.05. The van der Waals surface area contributed by atoms with Gasteiger partial charge in [0.2, 0.25) is 0 Å². The number of methoxy groups -OCH3 is 1. The van der Waals surface area contributed by atoms with E-state index in [2.05, 4.69) is 29.8 Å². The summed E-state index contributed by atoms with van der Waals surface area (Å²) in [6.07, 6.45) is 2.52. The van der Waals surface area contributed by atoms with Crippen LogP contribution in [0.4, 0.5) is 0 Å². The zero-order valence-corrected chi connectivity index (χ0v) is 14.5.